The first kappa shape index (κ1) is 13.2. The summed E-state index contributed by atoms with van der Waals surface area (Å²) < 4.78 is 0. The van der Waals surface area contributed by atoms with E-state index in [2.05, 4.69) is 15.3 Å². The topological polar surface area (TPSA) is 83.8 Å². The van der Waals surface area contributed by atoms with Crippen molar-refractivity contribution in [2.24, 2.45) is 5.73 Å². The Morgan fingerprint density at radius 2 is 2.19 bits per heavy atom. The number of nitrogens with one attached hydrogen (secondary N) is 2. The van der Waals surface area contributed by atoms with Gasteiger partial charge < -0.3 is 16.0 Å². The lowest BCUT2D eigenvalue weighted by atomic mass is 10.1. The van der Waals surface area contributed by atoms with Crippen LogP contribution in [0, 0.1) is 6.92 Å². The van der Waals surface area contributed by atoms with Gasteiger partial charge in [-0.2, -0.15) is 0 Å². The maximum absolute atomic E-state index is 11.3. The number of pyridine rings is 1. The van der Waals surface area contributed by atoms with Crippen LogP contribution in [0.1, 0.15) is 21.5 Å². The minimum atomic E-state index is -0.421. The average Bonchev–Trinajstić information content (AvgIpc) is 2.95. The molecule has 0 unspecified atom stereocenters. The predicted octanol–water partition coefficient (Wildman–Crippen LogP) is 2.58. The van der Waals surface area contributed by atoms with Gasteiger partial charge >= 0.3 is 0 Å². The third-order valence-corrected chi connectivity index (χ3v) is 3.54. The quantitative estimate of drug-likeness (QED) is 0.686. The molecule has 0 aliphatic carbocycles. The molecule has 0 aliphatic heterocycles. The van der Waals surface area contributed by atoms with Gasteiger partial charge in [-0.05, 0) is 42.3 Å². The van der Waals surface area contributed by atoms with Crippen molar-refractivity contribution in [3.8, 4) is 0 Å². The number of primary amides is 1. The van der Waals surface area contributed by atoms with Gasteiger partial charge in [-0.1, -0.05) is 6.07 Å². The Balaban J connectivity index is 1.86. The highest BCUT2D eigenvalue weighted by Gasteiger charge is 2.06. The van der Waals surface area contributed by atoms with E-state index in [9.17, 15) is 4.79 Å². The largest absolute Gasteiger partial charge is 0.381 e. The van der Waals surface area contributed by atoms with Crippen molar-refractivity contribution in [2.45, 2.75) is 13.5 Å². The van der Waals surface area contributed by atoms with E-state index in [1.54, 1.807) is 18.3 Å². The van der Waals surface area contributed by atoms with Crippen LogP contribution in [0.3, 0.4) is 0 Å². The van der Waals surface area contributed by atoms with Crippen molar-refractivity contribution < 1.29 is 4.79 Å². The van der Waals surface area contributed by atoms with E-state index in [1.807, 2.05) is 31.3 Å². The molecule has 0 atom stereocenters. The zero-order valence-corrected chi connectivity index (χ0v) is 11.7. The molecule has 0 bridgehead atoms. The third kappa shape index (κ3) is 2.58. The number of nitrogens with zero attached hydrogens (tertiary/aromatic N) is 1. The van der Waals surface area contributed by atoms with Gasteiger partial charge in [0.2, 0.25) is 5.91 Å². The summed E-state index contributed by atoms with van der Waals surface area (Å²) in [7, 11) is 0. The van der Waals surface area contributed by atoms with Gasteiger partial charge in [0, 0.05) is 35.6 Å². The first-order valence-corrected chi connectivity index (χ1v) is 6.70. The number of hydrogen-bond donors (Lipinski definition) is 3. The molecule has 0 fully saturated rings. The molecule has 5 nitrogen and oxygen atoms in total. The highest BCUT2D eigenvalue weighted by molar-refractivity contribution is 5.94. The number of nitrogens with two attached hydrogens (primary N) is 1. The minimum Gasteiger partial charge on any atom is -0.381 e. The van der Waals surface area contributed by atoms with Crippen molar-refractivity contribution in [2.75, 3.05) is 5.32 Å². The second-order valence-corrected chi connectivity index (χ2v) is 4.96. The van der Waals surface area contributed by atoms with Crippen LogP contribution in [0.5, 0.6) is 0 Å². The zero-order valence-electron chi connectivity index (χ0n) is 11.7. The number of fused-ring (bicyclic) bond motifs is 1. The second-order valence-electron chi connectivity index (χ2n) is 4.96. The highest BCUT2D eigenvalue weighted by Crippen LogP contribution is 2.20. The number of H-pyrrole nitrogens is 1. The summed E-state index contributed by atoms with van der Waals surface area (Å²) in [5, 5.41) is 4.45. The molecule has 4 N–H and O–H groups in total. The fourth-order valence-corrected chi connectivity index (χ4v) is 2.33. The molecule has 21 heavy (non-hydrogen) atoms. The van der Waals surface area contributed by atoms with E-state index < -0.39 is 5.91 Å². The molecule has 106 valence electrons. The molecule has 3 rings (SSSR count). The molecule has 5 heteroatoms. The molecule has 2 aromatic heterocycles. The third-order valence-electron chi connectivity index (χ3n) is 3.54. The number of hydrogen-bond acceptors (Lipinski definition) is 3. The maximum atomic E-state index is 11.3. The number of rotatable bonds is 4. The van der Waals surface area contributed by atoms with Crippen LogP contribution in [-0.4, -0.2) is 15.9 Å². The molecule has 0 saturated carbocycles. The lowest BCUT2D eigenvalue weighted by Gasteiger charge is -2.11. The van der Waals surface area contributed by atoms with E-state index in [-0.39, 0.29) is 0 Å². The molecule has 1 amide bonds. The monoisotopic (exact) mass is 280 g/mol. The minimum absolute atomic E-state index is 0.421. The number of aromatic amines is 1. The summed E-state index contributed by atoms with van der Waals surface area (Å²) in [6.45, 7) is 2.64. The van der Waals surface area contributed by atoms with Crippen molar-refractivity contribution in [1.82, 2.24) is 9.97 Å². The molecule has 0 spiro atoms. The van der Waals surface area contributed by atoms with Crippen molar-refractivity contribution in [3.63, 3.8) is 0 Å². The SMILES string of the molecule is Cc1ccc(C(N)=O)cc1NCc1ccnc2[nH]ccc12. The van der Waals surface area contributed by atoms with Crippen molar-refractivity contribution >= 4 is 22.6 Å². The molecule has 0 radical (unpaired) electrons. The summed E-state index contributed by atoms with van der Waals surface area (Å²) in [5.74, 6) is -0.421. The number of aryl methyl sites for hydroxylation is 1. The van der Waals surface area contributed by atoms with Gasteiger partial charge in [-0.15, -0.1) is 0 Å². The number of carbonyl (C=O) groups is 1. The van der Waals surface area contributed by atoms with Gasteiger partial charge in [0.1, 0.15) is 5.65 Å². The number of anilines is 1. The van der Waals surface area contributed by atoms with E-state index in [4.69, 9.17) is 5.73 Å². The van der Waals surface area contributed by atoms with Crippen LogP contribution in [0.2, 0.25) is 0 Å². The van der Waals surface area contributed by atoms with Gasteiger partial charge in [-0.3, -0.25) is 4.79 Å². The molecule has 1 aromatic carbocycles. The summed E-state index contributed by atoms with van der Waals surface area (Å²) in [6.07, 6.45) is 3.66. The second kappa shape index (κ2) is 5.28. The van der Waals surface area contributed by atoms with E-state index in [0.717, 1.165) is 27.8 Å². The molecule has 2 heterocycles. The number of aromatic nitrogens is 2. The molecule has 0 aliphatic rings. The standard InChI is InChI=1S/C16H16N4O/c1-10-2-3-11(15(17)21)8-14(10)20-9-12-4-6-18-16-13(12)5-7-19-16/h2-8,20H,9H2,1H3,(H2,17,21)(H,18,19). The fraction of sp³-hybridized carbons (Fsp3) is 0.125. The Kier molecular flexibility index (Phi) is 3.31. The average molecular weight is 280 g/mol. The summed E-state index contributed by atoms with van der Waals surface area (Å²) >= 11 is 0. The van der Waals surface area contributed by atoms with Crippen LogP contribution < -0.4 is 11.1 Å². The summed E-state index contributed by atoms with van der Waals surface area (Å²) in [6, 6.07) is 9.40. The molecule has 0 saturated heterocycles. The smallest absolute Gasteiger partial charge is 0.248 e. The van der Waals surface area contributed by atoms with Crippen molar-refractivity contribution in [1.29, 1.82) is 0 Å². The predicted molar refractivity (Wildman–Crippen MR) is 83.1 cm³/mol. The lowest BCUT2D eigenvalue weighted by molar-refractivity contribution is 0.100. The number of benzene rings is 1. The maximum Gasteiger partial charge on any atom is 0.248 e. The highest BCUT2D eigenvalue weighted by atomic mass is 16.1. The molecule has 3 aromatic rings. The normalized spacial score (nSPS) is 10.7. The zero-order chi connectivity index (χ0) is 14.8. The van der Waals surface area contributed by atoms with Crippen LogP contribution in [-0.2, 0) is 6.54 Å². The van der Waals surface area contributed by atoms with Gasteiger partial charge in [-0.25, -0.2) is 4.98 Å². The Labute approximate surface area is 122 Å². The Morgan fingerprint density at radius 1 is 1.33 bits per heavy atom. The van der Waals surface area contributed by atoms with Crippen LogP contribution in [0.25, 0.3) is 11.0 Å². The Hall–Kier alpha value is -2.82. The van der Waals surface area contributed by atoms with Crippen LogP contribution in [0.15, 0.2) is 42.7 Å². The summed E-state index contributed by atoms with van der Waals surface area (Å²) in [5.41, 5.74) is 9.82. The first-order valence-electron chi connectivity index (χ1n) is 6.70. The van der Waals surface area contributed by atoms with Crippen LogP contribution >= 0.6 is 0 Å². The number of amides is 1. The molecular formula is C16H16N4O. The Bertz CT molecular complexity index is 807. The van der Waals surface area contributed by atoms with E-state index in [0.29, 0.717) is 12.1 Å². The van der Waals surface area contributed by atoms with E-state index >= 15 is 0 Å². The summed E-state index contributed by atoms with van der Waals surface area (Å²) in [4.78, 5) is 18.6. The number of carbonyl (C=O) groups excluding carboxylic acids is 1. The van der Waals surface area contributed by atoms with Crippen LogP contribution in [0.4, 0.5) is 5.69 Å². The van der Waals surface area contributed by atoms with Crippen molar-refractivity contribution in [3.05, 3.63) is 59.4 Å². The van der Waals surface area contributed by atoms with Gasteiger partial charge in [0.05, 0.1) is 0 Å². The Morgan fingerprint density at radius 3 is 3.00 bits per heavy atom. The lowest BCUT2D eigenvalue weighted by Crippen LogP contribution is -2.12. The van der Waals surface area contributed by atoms with Gasteiger partial charge in [0.15, 0.2) is 0 Å². The van der Waals surface area contributed by atoms with E-state index in [1.165, 1.54) is 0 Å². The fourth-order valence-electron chi connectivity index (χ4n) is 2.33. The molecular weight excluding hydrogens is 264 g/mol. The van der Waals surface area contributed by atoms with Gasteiger partial charge in [0.25, 0.3) is 0 Å². The first-order chi connectivity index (χ1) is 10.1.